The van der Waals surface area contributed by atoms with Crippen LogP contribution < -0.4 is 20.7 Å². The highest BCUT2D eigenvalue weighted by Gasteiger charge is 2.19. The van der Waals surface area contributed by atoms with E-state index in [9.17, 15) is 4.79 Å². The molecule has 0 spiro atoms. The van der Waals surface area contributed by atoms with Crippen LogP contribution in [0.2, 0.25) is 0 Å². The van der Waals surface area contributed by atoms with Gasteiger partial charge in [-0.3, -0.25) is 4.79 Å². The van der Waals surface area contributed by atoms with Crippen LogP contribution in [0.4, 0.5) is 17.1 Å². The molecular weight excluding hydrogens is 258 g/mol. The Hall–Kier alpha value is -1.95. The number of ether oxygens (including phenoxy) is 2. The Labute approximate surface area is 118 Å². The van der Waals surface area contributed by atoms with Crippen LogP contribution in [0.1, 0.15) is 13.8 Å². The van der Waals surface area contributed by atoms with Gasteiger partial charge < -0.3 is 25.4 Å². The van der Waals surface area contributed by atoms with Crippen LogP contribution >= 0.6 is 0 Å². The van der Waals surface area contributed by atoms with Crippen LogP contribution in [-0.4, -0.2) is 38.8 Å². The number of fused-ring (bicyclic) bond motifs is 1. The highest BCUT2D eigenvalue weighted by atomic mass is 16.5. The number of nitrogen functional groups attached to an aromatic ring is 1. The van der Waals surface area contributed by atoms with Crippen molar-refractivity contribution in [2.45, 2.75) is 20.0 Å². The Balaban J connectivity index is 2.11. The monoisotopic (exact) mass is 279 g/mol. The number of nitrogens with one attached hydrogen (secondary N) is 1. The fourth-order valence-corrected chi connectivity index (χ4v) is 2.01. The van der Waals surface area contributed by atoms with Crippen molar-refractivity contribution in [1.29, 1.82) is 0 Å². The van der Waals surface area contributed by atoms with Gasteiger partial charge in [0.15, 0.2) is 6.61 Å². The van der Waals surface area contributed by atoms with Gasteiger partial charge in [-0.05, 0) is 19.9 Å². The first kappa shape index (κ1) is 14.5. The van der Waals surface area contributed by atoms with Gasteiger partial charge in [0.05, 0.1) is 29.8 Å². The number of hydrogen-bond donors (Lipinski definition) is 2. The molecule has 0 saturated heterocycles. The minimum atomic E-state index is -0.154. The summed E-state index contributed by atoms with van der Waals surface area (Å²) in [6.07, 6.45) is 0.206. The molecule has 0 bridgehead atoms. The average Bonchev–Trinajstić information content (AvgIpc) is 2.38. The fraction of sp³-hybridized carbons (Fsp3) is 0.500. The second-order valence-electron chi connectivity index (χ2n) is 5.09. The molecule has 0 fully saturated rings. The number of nitrogens with zero attached hydrogens (tertiary/aromatic N) is 1. The molecule has 2 rings (SSSR count). The first-order valence-corrected chi connectivity index (χ1v) is 6.66. The summed E-state index contributed by atoms with van der Waals surface area (Å²) >= 11 is 0. The van der Waals surface area contributed by atoms with E-state index in [1.807, 2.05) is 31.9 Å². The molecule has 0 aliphatic carbocycles. The lowest BCUT2D eigenvalue weighted by Crippen LogP contribution is -2.27. The van der Waals surface area contributed by atoms with E-state index < -0.39 is 0 Å². The summed E-state index contributed by atoms with van der Waals surface area (Å²) in [5.41, 5.74) is 8.16. The second kappa shape index (κ2) is 6.00. The summed E-state index contributed by atoms with van der Waals surface area (Å²) < 4.78 is 10.9. The van der Waals surface area contributed by atoms with Crippen molar-refractivity contribution >= 4 is 23.0 Å². The van der Waals surface area contributed by atoms with Crippen molar-refractivity contribution in [1.82, 2.24) is 0 Å². The summed E-state index contributed by atoms with van der Waals surface area (Å²) in [6, 6.07) is 3.57. The number of benzene rings is 1. The van der Waals surface area contributed by atoms with Crippen LogP contribution in [0, 0.1) is 0 Å². The Morgan fingerprint density at radius 1 is 1.50 bits per heavy atom. The van der Waals surface area contributed by atoms with Crippen LogP contribution in [0.5, 0.6) is 5.75 Å². The molecule has 3 N–H and O–H groups in total. The maximum absolute atomic E-state index is 11.3. The largest absolute Gasteiger partial charge is 0.482 e. The summed E-state index contributed by atoms with van der Waals surface area (Å²) in [5, 5.41) is 2.78. The Morgan fingerprint density at radius 2 is 2.25 bits per heavy atom. The lowest BCUT2D eigenvalue weighted by molar-refractivity contribution is -0.118. The van der Waals surface area contributed by atoms with Gasteiger partial charge in [-0.15, -0.1) is 0 Å². The predicted molar refractivity (Wildman–Crippen MR) is 79.3 cm³/mol. The number of carbonyl (C=O) groups is 1. The van der Waals surface area contributed by atoms with Gasteiger partial charge in [0.2, 0.25) is 0 Å². The van der Waals surface area contributed by atoms with E-state index >= 15 is 0 Å². The molecule has 0 radical (unpaired) electrons. The third-order valence-electron chi connectivity index (χ3n) is 3.05. The van der Waals surface area contributed by atoms with Crippen molar-refractivity contribution in [2.24, 2.45) is 0 Å². The number of carbonyl (C=O) groups excluding carboxylic acids is 1. The molecule has 6 nitrogen and oxygen atoms in total. The van der Waals surface area contributed by atoms with Gasteiger partial charge in [-0.2, -0.15) is 0 Å². The molecule has 1 aliphatic rings. The molecule has 1 amide bonds. The molecule has 1 aromatic rings. The summed E-state index contributed by atoms with van der Waals surface area (Å²) in [4.78, 5) is 13.3. The zero-order valence-corrected chi connectivity index (χ0v) is 12.1. The quantitative estimate of drug-likeness (QED) is 0.798. The Kier molecular flexibility index (Phi) is 4.34. The van der Waals surface area contributed by atoms with Gasteiger partial charge in [0.1, 0.15) is 5.75 Å². The molecule has 1 aromatic carbocycles. The van der Waals surface area contributed by atoms with Gasteiger partial charge in [-0.25, -0.2) is 0 Å². The molecular formula is C14H21N3O3. The van der Waals surface area contributed by atoms with E-state index in [4.69, 9.17) is 15.2 Å². The zero-order valence-electron chi connectivity index (χ0n) is 12.1. The topological polar surface area (TPSA) is 76.8 Å². The lowest BCUT2D eigenvalue weighted by atomic mass is 10.2. The van der Waals surface area contributed by atoms with Gasteiger partial charge in [-0.1, -0.05) is 0 Å². The number of anilines is 3. The molecule has 20 heavy (non-hydrogen) atoms. The highest BCUT2D eigenvalue weighted by Crippen LogP contribution is 2.36. The number of hydrogen-bond acceptors (Lipinski definition) is 5. The second-order valence-corrected chi connectivity index (χ2v) is 5.09. The van der Waals surface area contributed by atoms with E-state index in [-0.39, 0.29) is 18.6 Å². The first-order chi connectivity index (χ1) is 9.47. The van der Waals surface area contributed by atoms with E-state index in [1.54, 1.807) is 6.07 Å². The average molecular weight is 279 g/mol. The predicted octanol–water partition coefficient (Wildman–Crippen LogP) is 1.46. The van der Waals surface area contributed by atoms with E-state index in [1.165, 1.54) is 0 Å². The van der Waals surface area contributed by atoms with Crippen molar-refractivity contribution in [3.8, 4) is 5.75 Å². The maximum atomic E-state index is 11.3. The van der Waals surface area contributed by atoms with Crippen LogP contribution in [-0.2, 0) is 9.53 Å². The fourth-order valence-electron chi connectivity index (χ4n) is 2.01. The number of nitrogens with two attached hydrogens (primary N) is 1. The minimum absolute atomic E-state index is 0.0316. The molecule has 0 atom stereocenters. The normalized spacial score (nSPS) is 13.7. The van der Waals surface area contributed by atoms with Crippen molar-refractivity contribution in [3.05, 3.63) is 12.1 Å². The first-order valence-electron chi connectivity index (χ1n) is 6.66. The lowest BCUT2D eigenvalue weighted by Gasteiger charge is -2.25. The zero-order chi connectivity index (χ0) is 14.7. The van der Waals surface area contributed by atoms with Crippen LogP contribution in [0.3, 0.4) is 0 Å². The summed E-state index contributed by atoms with van der Waals surface area (Å²) in [7, 11) is 1.94. The molecule has 1 aliphatic heterocycles. The molecule has 0 unspecified atom stereocenters. The Morgan fingerprint density at radius 3 is 2.95 bits per heavy atom. The van der Waals surface area contributed by atoms with Crippen LogP contribution in [0.25, 0.3) is 0 Å². The third kappa shape index (κ3) is 3.33. The molecule has 1 heterocycles. The molecule has 6 heteroatoms. The third-order valence-corrected chi connectivity index (χ3v) is 3.05. The van der Waals surface area contributed by atoms with E-state index in [0.717, 1.165) is 12.2 Å². The van der Waals surface area contributed by atoms with Crippen molar-refractivity contribution in [2.75, 3.05) is 42.8 Å². The molecule has 0 saturated carbocycles. The number of likely N-dealkylation sites (N-methyl/N-ethyl adjacent to an activating group) is 1. The van der Waals surface area contributed by atoms with Gasteiger partial charge >= 0.3 is 0 Å². The standard InChI is InChI=1S/C14H21N3O3/c1-9(2)19-5-4-17(3)12-7-11-13(6-10(12)15)20-8-14(18)16-11/h6-7,9H,4-5,8,15H2,1-3H3,(H,16,18). The van der Waals surface area contributed by atoms with Crippen LogP contribution in [0.15, 0.2) is 12.1 Å². The van der Waals surface area contributed by atoms with Crippen molar-refractivity contribution in [3.63, 3.8) is 0 Å². The number of amides is 1. The minimum Gasteiger partial charge on any atom is -0.482 e. The summed E-state index contributed by atoms with van der Waals surface area (Å²) in [6.45, 7) is 5.37. The highest BCUT2D eigenvalue weighted by molar-refractivity contribution is 5.97. The van der Waals surface area contributed by atoms with E-state index in [2.05, 4.69) is 5.32 Å². The SMILES string of the molecule is CC(C)OCCN(C)c1cc2c(cc1N)OCC(=O)N2. The maximum Gasteiger partial charge on any atom is 0.262 e. The number of rotatable bonds is 5. The van der Waals surface area contributed by atoms with Crippen molar-refractivity contribution < 1.29 is 14.3 Å². The Bertz CT molecular complexity index is 503. The summed E-state index contributed by atoms with van der Waals surface area (Å²) in [5.74, 6) is 0.455. The molecule has 0 aromatic heterocycles. The molecule has 110 valence electrons. The smallest absolute Gasteiger partial charge is 0.262 e. The van der Waals surface area contributed by atoms with Gasteiger partial charge in [0, 0.05) is 19.7 Å². The van der Waals surface area contributed by atoms with Gasteiger partial charge in [0.25, 0.3) is 5.91 Å². The van der Waals surface area contributed by atoms with E-state index in [0.29, 0.717) is 23.7 Å².